The normalized spacial score (nSPS) is 9.92. The zero-order valence-electron chi connectivity index (χ0n) is 6.81. The molecular formula is C9H10BrClO. The van der Waals surface area contributed by atoms with E-state index in [0.717, 1.165) is 28.1 Å². The van der Waals surface area contributed by atoms with E-state index in [4.69, 9.17) is 16.3 Å². The summed E-state index contributed by atoms with van der Waals surface area (Å²) in [6.07, 6.45) is 0.927. The van der Waals surface area contributed by atoms with Gasteiger partial charge in [-0.05, 0) is 30.2 Å². The summed E-state index contributed by atoms with van der Waals surface area (Å²) >= 11 is 9.32. The molecule has 0 amide bonds. The van der Waals surface area contributed by atoms with Gasteiger partial charge >= 0.3 is 0 Å². The fourth-order valence-corrected chi connectivity index (χ4v) is 1.61. The van der Waals surface area contributed by atoms with Crippen molar-refractivity contribution in [1.82, 2.24) is 0 Å². The van der Waals surface area contributed by atoms with E-state index in [0.29, 0.717) is 0 Å². The Bertz CT molecular complexity index is 263. The van der Waals surface area contributed by atoms with E-state index in [1.807, 2.05) is 18.2 Å². The lowest BCUT2D eigenvalue weighted by Gasteiger charge is -2.04. The van der Waals surface area contributed by atoms with Gasteiger partial charge in [0.15, 0.2) is 0 Å². The summed E-state index contributed by atoms with van der Waals surface area (Å²) in [5, 5.41) is 1.72. The van der Waals surface area contributed by atoms with Crippen LogP contribution in [-0.4, -0.2) is 12.4 Å². The predicted molar refractivity (Wildman–Crippen MR) is 55.5 cm³/mol. The van der Waals surface area contributed by atoms with Gasteiger partial charge in [0.25, 0.3) is 0 Å². The molecule has 66 valence electrons. The van der Waals surface area contributed by atoms with E-state index in [9.17, 15) is 0 Å². The molecule has 0 aliphatic rings. The number of methoxy groups -OCH3 is 1. The Morgan fingerprint density at radius 2 is 2.25 bits per heavy atom. The second-order valence-electron chi connectivity index (χ2n) is 2.40. The summed E-state index contributed by atoms with van der Waals surface area (Å²) in [7, 11) is 1.65. The van der Waals surface area contributed by atoms with Gasteiger partial charge in [-0.25, -0.2) is 0 Å². The van der Waals surface area contributed by atoms with Crippen LogP contribution in [0.4, 0.5) is 0 Å². The molecule has 0 spiro atoms. The highest BCUT2D eigenvalue weighted by atomic mass is 79.9. The number of benzene rings is 1. The van der Waals surface area contributed by atoms with E-state index >= 15 is 0 Å². The van der Waals surface area contributed by atoms with Gasteiger partial charge < -0.3 is 4.74 Å². The lowest BCUT2D eigenvalue weighted by molar-refractivity contribution is 0.414. The summed E-state index contributed by atoms with van der Waals surface area (Å²) in [5.41, 5.74) is 1.12. The van der Waals surface area contributed by atoms with Crippen LogP contribution in [0.25, 0.3) is 0 Å². The second-order valence-corrected chi connectivity index (χ2v) is 3.60. The second kappa shape index (κ2) is 4.73. The largest absolute Gasteiger partial charge is 0.497 e. The van der Waals surface area contributed by atoms with Crippen LogP contribution in [0.5, 0.6) is 5.75 Å². The van der Waals surface area contributed by atoms with E-state index < -0.39 is 0 Å². The molecular weight excluding hydrogens is 239 g/mol. The lowest BCUT2D eigenvalue weighted by Crippen LogP contribution is -1.89. The van der Waals surface area contributed by atoms with E-state index in [2.05, 4.69) is 15.9 Å². The van der Waals surface area contributed by atoms with Crippen molar-refractivity contribution >= 4 is 27.5 Å². The summed E-state index contributed by atoms with van der Waals surface area (Å²) < 4.78 is 5.08. The summed E-state index contributed by atoms with van der Waals surface area (Å²) in [5.74, 6) is 0.857. The van der Waals surface area contributed by atoms with Crippen molar-refractivity contribution in [1.29, 1.82) is 0 Å². The first-order valence-corrected chi connectivity index (χ1v) is 5.16. The molecule has 1 aromatic carbocycles. The minimum atomic E-state index is 0.801. The van der Waals surface area contributed by atoms with Gasteiger partial charge in [0.1, 0.15) is 5.75 Å². The van der Waals surface area contributed by atoms with Crippen molar-refractivity contribution in [2.75, 3.05) is 12.4 Å². The highest BCUT2D eigenvalue weighted by Gasteiger charge is 2.00. The van der Waals surface area contributed by atoms with Gasteiger partial charge in [-0.15, -0.1) is 0 Å². The maximum absolute atomic E-state index is 5.96. The van der Waals surface area contributed by atoms with Crippen LogP contribution in [0.2, 0.25) is 5.02 Å². The van der Waals surface area contributed by atoms with Crippen LogP contribution < -0.4 is 4.74 Å². The van der Waals surface area contributed by atoms with Crippen molar-refractivity contribution in [2.45, 2.75) is 6.42 Å². The fourth-order valence-electron chi connectivity index (χ4n) is 0.971. The summed E-state index contributed by atoms with van der Waals surface area (Å²) in [6, 6.07) is 5.68. The van der Waals surface area contributed by atoms with Crippen LogP contribution >= 0.6 is 27.5 Å². The lowest BCUT2D eigenvalue weighted by atomic mass is 10.1. The maximum Gasteiger partial charge on any atom is 0.119 e. The minimum absolute atomic E-state index is 0.801. The molecule has 1 rings (SSSR count). The van der Waals surface area contributed by atoms with Gasteiger partial charge in [0, 0.05) is 10.4 Å². The maximum atomic E-state index is 5.96. The molecule has 1 aromatic rings. The van der Waals surface area contributed by atoms with Crippen molar-refractivity contribution in [3.63, 3.8) is 0 Å². The minimum Gasteiger partial charge on any atom is -0.497 e. The Hall–Kier alpha value is -0.210. The van der Waals surface area contributed by atoms with Gasteiger partial charge in [-0.2, -0.15) is 0 Å². The van der Waals surface area contributed by atoms with Gasteiger partial charge in [0.05, 0.1) is 7.11 Å². The Labute approximate surface area is 85.8 Å². The molecule has 0 unspecified atom stereocenters. The molecule has 12 heavy (non-hydrogen) atoms. The molecule has 0 fully saturated rings. The number of rotatable bonds is 3. The molecule has 0 aromatic heterocycles. The number of alkyl halides is 1. The third kappa shape index (κ3) is 2.39. The molecule has 0 aliphatic carbocycles. The SMILES string of the molecule is COc1ccc(Cl)c(CCBr)c1. The molecule has 3 heteroatoms. The van der Waals surface area contributed by atoms with Crippen LogP contribution in [0.1, 0.15) is 5.56 Å². The number of hydrogen-bond donors (Lipinski definition) is 0. The molecule has 0 aliphatic heterocycles. The quantitative estimate of drug-likeness (QED) is 0.747. The number of aryl methyl sites for hydroxylation is 1. The van der Waals surface area contributed by atoms with Crippen molar-refractivity contribution in [2.24, 2.45) is 0 Å². The standard InChI is InChI=1S/C9H10BrClO/c1-12-8-2-3-9(11)7(6-8)4-5-10/h2-3,6H,4-5H2,1H3. The van der Waals surface area contributed by atoms with Gasteiger partial charge in [-0.3, -0.25) is 0 Å². The topological polar surface area (TPSA) is 9.23 Å². The van der Waals surface area contributed by atoms with E-state index in [1.54, 1.807) is 7.11 Å². The van der Waals surface area contributed by atoms with Crippen molar-refractivity contribution in [3.05, 3.63) is 28.8 Å². The van der Waals surface area contributed by atoms with Crippen LogP contribution in [0.3, 0.4) is 0 Å². The Morgan fingerprint density at radius 3 is 2.83 bits per heavy atom. The fraction of sp³-hybridized carbons (Fsp3) is 0.333. The highest BCUT2D eigenvalue weighted by Crippen LogP contribution is 2.22. The average molecular weight is 250 g/mol. The zero-order chi connectivity index (χ0) is 8.97. The third-order valence-electron chi connectivity index (χ3n) is 1.62. The third-order valence-corrected chi connectivity index (χ3v) is 2.38. The Kier molecular flexibility index (Phi) is 3.89. The Balaban J connectivity index is 2.91. The van der Waals surface area contributed by atoms with Crippen LogP contribution in [0, 0.1) is 0 Å². The highest BCUT2D eigenvalue weighted by molar-refractivity contribution is 9.09. The van der Waals surface area contributed by atoms with Crippen molar-refractivity contribution in [3.8, 4) is 5.75 Å². The molecule has 0 radical (unpaired) electrons. The number of ether oxygens (including phenoxy) is 1. The number of halogens is 2. The molecule has 1 nitrogen and oxygen atoms in total. The van der Waals surface area contributed by atoms with Crippen molar-refractivity contribution < 1.29 is 4.74 Å². The van der Waals surface area contributed by atoms with Gasteiger partial charge in [0.2, 0.25) is 0 Å². The average Bonchev–Trinajstić information content (AvgIpc) is 2.09. The van der Waals surface area contributed by atoms with E-state index in [1.165, 1.54) is 0 Å². The van der Waals surface area contributed by atoms with Gasteiger partial charge in [-0.1, -0.05) is 27.5 Å². The summed E-state index contributed by atoms with van der Waals surface area (Å²) in [4.78, 5) is 0. The predicted octanol–water partition coefficient (Wildman–Crippen LogP) is 3.29. The first kappa shape index (κ1) is 9.87. The Morgan fingerprint density at radius 1 is 1.50 bits per heavy atom. The van der Waals surface area contributed by atoms with Crippen LogP contribution in [0.15, 0.2) is 18.2 Å². The smallest absolute Gasteiger partial charge is 0.119 e. The first-order valence-electron chi connectivity index (χ1n) is 3.66. The molecule has 0 N–H and O–H groups in total. The molecule has 0 atom stereocenters. The molecule has 0 saturated heterocycles. The zero-order valence-corrected chi connectivity index (χ0v) is 9.15. The summed E-state index contributed by atoms with van der Waals surface area (Å²) in [6.45, 7) is 0. The monoisotopic (exact) mass is 248 g/mol. The van der Waals surface area contributed by atoms with E-state index in [-0.39, 0.29) is 0 Å². The molecule has 0 heterocycles. The molecule has 0 saturated carbocycles. The first-order chi connectivity index (χ1) is 5.77. The van der Waals surface area contributed by atoms with Crippen LogP contribution in [-0.2, 0) is 6.42 Å². The molecule has 0 bridgehead atoms. The number of hydrogen-bond acceptors (Lipinski definition) is 1.